The van der Waals surface area contributed by atoms with Crippen molar-refractivity contribution in [3.63, 3.8) is 0 Å². The molecule has 3 N–H and O–H groups in total. The lowest BCUT2D eigenvalue weighted by molar-refractivity contribution is -0.120. The molecule has 1 aromatic carbocycles. The molecule has 1 aliphatic heterocycles. The number of amides is 1. The second kappa shape index (κ2) is 7.22. The standard InChI is InChI=1S/C18H20N6O2/c1-11(23-24-9-8-21-18(26)12(24)2)14-6-7-20-17(22-14)13-4-5-16(25)15(10-13)19-3/h4-7,10,19,25H,2,8-9H2,1,3H3,(H,21,26)/b23-11+. The third kappa shape index (κ3) is 3.49. The van der Waals surface area contributed by atoms with Crippen LogP contribution in [-0.2, 0) is 4.79 Å². The average molecular weight is 352 g/mol. The third-order valence-corrected chi connectivity index (χ3v) is 4.00. The summed E-state index contributed by atoms with van der Waals surface area (Å²) in [5.74, 6) is 0.454. The van der Waals surface area contributed by atoms with Crippen LogP contribution in [0.25, 0.3) is 11.4 Å². The van der Waals surface area contributed by atoms with Crippen molar-refractivity contribution in [2.75, 3.05) is 25.5 Å². The Labute approximate surface area is 151 Å². The lowest BCUT2D eigenvalue weighted by Crippen LogP contribution is -2.43. The van der Waals surface area contributed by atoms with Gasteiger partial charge in [0.2, 0.25) is 0 Å². The van der Waals surface area contributed by atoms with Gasteiger partial charge in [0.15, 0.2) is 5.82 Å². The van der Waals surface area contributed by atoms with Crippen LogP contribution < -0.4 is 10.6 Å². The second-order valence-corrected chi connectivity index (χ2v) is 5.76. The minimum atomic E-state index is -0.222. The van der Waals surface area contributed by atoms with Crippen LogP contribution in [-0.4, -0.2) is 51.8 Å². The van der Waals surface area contributed by atoms with E-state index in [1.54, 1.807) is 42.5 Å². The van der Waals surface area contributed by atoms with Gasteiger partial charge in [0.25, 0.3) is 5.91 Å². The summed E-state index contributed by atoms with van der Waals surface area (Å²) in [6.07, 6.45) is 1.65. The number of aromatic nitrogens is 2. The maximum absolute atomic E-state index is 11.7. The van der Waals surface area contributed by atoms with Crippen LogP contribution in [0.1, 0.15) is 12.6 Å². The Kier molecular flexibility index (Phi) is 4.83. The zero-order chi connectivity index (χ0) is 18.7. The van der Waals surface area contributed by atoms with Crippen molar-refractivity contribution in [2.24, 2.45) is 5.10 Å². The molecule has 2 aromatic rings. The van der Waals surface area contributed by atoms with Crippen molar-refractivity contribution < 1.29 is 9.90 Å². The quantitative estimate of drug-likeness (QED) is 0.438. The van der Waals surface area contributed by atoms with Crippen molar-refractivity contribution >= 4 is 17.3 Å². The number of piperazine rings is 1. The van der Waals surface area contributed by atoms with E-state index in [2.05, 4.69) is 32.3 Å². The summed E-state index contributed by atoms with van der Waals surface area (Å²) in [4.78, 5) is 20.5. The fourth-order valence-electron chi connectivity index (χ4n) is 2.55. The maximum Gasteiger partial charge on any atom is 0.268 e. The summed E-state index contributed by atoms with van der Waals surface area (Å²) >= 11 is 0. The molecule has 26 heavy (non-hydrogen) atoms. The third-order valence-electron chi connectivity index (χ3n) is 4.00. The van der Waals surface area contributed by atoms with Gasteiger partial charge in [-0.05, 0) is 31.2 Å². The molecule has 0 aliphatic carbocycles. The van der Waals surface area contributed by atoms with E-state index in [4.69, 9.17) is 0 Å². The number of phenolic OH excluding ortho intramolecular Hbond substituents is 1. The molecule has 0 saturated carbocycles. The number of hydrogen-bond donors (Lipinski definition) is 3. The Balaban J connectivity index is 1.90. The molecule has 0 atom stereocenters. The van der Waals surface area contributed by atoms with E-state index < -0.39 is 0 Å². The molecular formula is C18H20N6O2. The van der Waals surface area contributed by atoms with Crippen LogP contribution in [0.3, 0.4) is 0 Å². The molecule has 0 radical (unpaired) electrons. The van der Waals surface area contributed by atoms with Crippen molar-refractivity contribution in [1.29, 1.82) is 0 Å². The number of benzene rings is 1. The molecule has 3 rings (SSSR count). The largest absolute Gasteiger partial charge is 0.506 e. The Hall–Kier alpha value is -3.42. The van der Waals surface area contributed by atoms with Crippen molar-refractivity contribution in [3.05, 3.63) is 48.4 Å². The fraction of sp³-hybridized carbons (Fsp3) is 0.222. The van der Waals surface area contributed by atoms with Crippen molar-refractivity contribution in [3.8, 4) is 17.1 Å². The van der Waals surface area contributed by atoms with Crippen LogP contribution in [0.15, 0.2) is 47.8 Å². The summed E-state index contributed by atoms with van der Waals surface area (Å²) in [5.41, 5.74) is 2.97. The van der Waals surface area contributed by atoms with Gasteiger partial charge in [0.1, 0.15) is 11.4 Å². The highest BCUT2D eigenvalue weighted by molar-refractivity contribution is 5.98. The summed E-state index contributed by atoms with van der Waals surface area (Å²) in [5, 5.41) is 21.5. The van der Waals surface area contributed by atoms with Gasteiger partial charge in [-0.25, -0.2) is 9.97 Å². The monoisotopic (exact) mass is 352 g/mol. The molecule has 0 spiro atoms. The molecule has 0 unspecified atom stereocenters. The molecule has 8 heteroatoms. The Morgan fingerprint density at radius 3 is 3.00 bits per heavy atom. The van der Waals surface area contributed by atoms with Crippen LogP contribution in [0, 0.1) is 0 Å². The Morgan fingerprint density at radius 1 is 1.42 bits per heavy atom. The predicted molar refractivity (Wildman–Crippen MR) is 99.7 cm³/mol. The first-order chi connectivity index (χ1) is 12.5. The zero-order valence-electron chi connectivity index (χ0n) is 14.7. The Morgan fingerprint density at radius 2 is 2.23 bits per heavy atom. The van der Waals surface area contributed by atoms with Gasteiger partial charge >= 0.3 is 0 Å². The van der Waals surface area contributed by atoms with Gasteiger partial charge in [0.05, 0.1) is 23.6 Å². The summed E-state index contributed by atoms with van der Waals surface area (Å²) in [6, 6.07) is 6.87. The SMILES string of the molecule is C=C1C(=O)NCCN1/N=C(\C)c1ccnc(-c2ccc(O)c(NC)c2)n1. The van der Waals surface area contributed by atoms with E-state index >= 15 is 0 Å². The van der Waals surface area contributed by atoms with Gasteiger partial charge < -0.3 is 15.7 Å². The first kappa shape index (κ1) is 17.4. The molecule has 8 nitrogen and oxygen atoms in total. The molecule has 2 heterocycles. The maximum atomic E-state index is 11.7. The molecule has 1 saturated heterocycles. The van der Waals surface area contributed by atoms with Crippen LogP contribution in [0.5, 0.6) is 5.75 Å². The molecule has 1 fully saturated rings. The molecule has 134 valence electrons. The van der Waals surface area contributed by atoms with Gasteiger partial charge in [-0.1, -0.05) is 6.58 Å². The molecule has 1 aliphatic rings. The van der Waals surface area contributed by atoms with E-state index in [0.717, 1.165) is 5.56 Å². The molecule has 0 bridgehead atoms. The normalized spacial score (nSPS) is 15.0. The number of hydrogen-bond acceptors (Lipinski definition) is 7. The average Bonchev–Trinajstić information content (AvgIpc) is 2.66. The zero-order valence-corrected chi connectivity index (χ0v) is 14.7. The Bertz CT molecular complexity index is 893. The highest BCUT2D eigenvalue weighted by atomic mass is 16.3. The summed E-state index contributed by atoms with van der Waals surface area (Å²) < 4.78 is 0. The van der Waals surface area contributed by atoms with E-state index in [0.29, 0.717) is 41.7 Å². The number of nitrogens with one attached hydrogen (secondary N) is 2. The van der Waals surface area contributed by atoms with E-state index in [9.17, 15) is 9.90 Å². The number of nitrogens with zero attached hydrogens (tertiary/aromatic N) is 4. The fourth-order valence-corrected chi connectivity index (χ4v) is 2.55. The number of phenols is 1. The number of carbonyl (C=O) groups is 1. The number of hydrazone groups is 1. The second-order valence-electron chi connectivity index (χ2n) is 5.76. The number of carbonyl (C=O) groups excluding carboxylic acids is 1. The highest BCUT2D eigenvalue weighted by Gasteiger charge is 2.20. The first-order valence-electron chi connectivity index (χ1n) is 8.14. The van der Waals surface area contributed by atoms with Crippen LogP contribution >= 0.6 is 0 Å². The summed E-state index contributed by atoms with van der Waals surface area (Å²) in [7, 11) is 1.73. The van der Waals surface area contributed by atoms with E-state index in [-0.39, 0.29) is 11.7 Å². The van der Waals surface area contributed by atoms with Gasteiger partial charge in [-0.2, -0.15) is 5.10 Å². The first-order valence-corrected chi connectivity index (χ1v) is 8.14. The minimum Gasteiger partial charge on any atom is -0.506 e. The van der Waals surface area contributed by atoms with Gasteiger partial charge in [0, 0.05) is 25.4 Å². The van der Waals surface area contributed by atoms with E-state index in [1.807, 2.05) is 6.92 Å². The number of aromatic hydroxyl groups is 1. The van der Waals surface area contributed by atoms with E-state index in [1.165, 1.54) is 0 Å². The smallest absolute Gasteiger partial charge is 0.268 e. The molecule has 1 aromatic heterocycles. The van der Waals surface area contributed by atoms with Crippen molar-refractivity contribution in [1.82, 2.24) is 20.3 Å². The van der Waals surface area contributed by atoms with Gasteiger partial charge in [-0.3, -0.25) is 9.80 Å². The molecular weight excluding hydrogens is 332 g/mol. The number of rotatable bonds is 4. The lowest BCUT2D eigenvalue weighted by atomic mass is 10.1. The minimum absolute atomic E-state index is 0.159. The van der Waals surface area contributed by atoms with Crippen LogP contribution in [0.2, 0.25) is 0 Å². The number of anilines is 1. The van der Waals surface area contributed by atoms with Crippen LogP contribution in [0.4, 0.5) is 5.69 Å². The summed E-state index contributed by atoms with van der Waals surface area (Å²) in [6.45, 7) is 6.66. The molecule has 1 amide bonds. The van der Waals surface area contributed by atoms with Gasteiger partial charge in [-0.15, -0.1) is 0 Å². The van der Waals surface area contributed by atoms with Crippen molar-refractivity contribution in [2.45, 2.75) is 6.92 Å². The topological polar surface area (TPSA) is 103 Å². The highest BCUT2D eigenvalue weighted by Crippen LogP contribution is 2.27. The predicted octanol–water partition coefficient (Wildman–Crippen LogP) is 1.56. The lowest BCUT2D eigenvalue weighted by Gasteiger charge is -2.26.